The van der Waals surface area contributed by atoms with E-state index in [0.717, 1.165) is 22.5 Å². The zero-order valence-electron chi connectivity index (χ0n) is 19.0. The third-order valence-corrected chi connectivity index (χ3v) is 6.98. The van der Waals surface area contributed by atoms with Crippen LogP contribution in [0.3, 0.4) is 0 Å². The summed E-state index contributed by atoms with van der Waals surface area (Å²) in [6, 6.07) is 13.4. The zero-order valence-corrected chi connectivity index (χ0v) is 20.5. The molecule has 0 radical (unpaired) electrons. The van der Waals surface area contributed by atoms with E-state index >= 15 is 0 Å². The molecule has 0 bridgehead atoms. The summed E-state index contributed by atoms with van der Waals surface area (Å²) in [5.41, 5.74) is 4.04. The first kappa shape index (κ1) is 24.7. The highest BCUT2D eigenvalue weighted by Gasteiger charge is 2.15. The number of nitrogens with zero attached hydrogens (tertiary/aromatic N) is 2. The van der Waals surface area contributed by atoms with Crippen molar-refractivity contribution in [2.75, 3.05) is 5.32 Å². The Bertz CT molecular complexity index is 1280. The van der Waals surface area contributed by atoms with Crippen LogP contribution in [0, 0.1) is 13.8 Å². The Hall–Kier alpha value is -2.94. The number of halogens is 1. The average molecular weight is 487 g/mol. The van der Waals surface area contributed by atoms with Crippen LogP contribution < -0.4 is 10.0 Å². The van der Waals surface area contributed by atoms with Crippen molar-refractivity contribution in [2.45, 2.75) is 45.2 Å². The summed E-state index contributed by atoms with van der Waals surface area (Å²) < 4.78 is 28.8. The number of benzene rings is 2. The van der Waals surface area contributed by atoms with Crippen molar-refractivity contribution in [2.24, 2.45) is 0 Å². The van der Waals surface area contributed by atoms with Gasteiger partial charge in [0.25, 0.3) is 0 Å². The molecule has 2 N–H and O–H groups in total. The van der Waals surface area contributed by atoms with Crippen molar-refractivity contribution in [1.82, 2.24) is 14.5 Å². The minimum atomic E-state index is -3.58. The fourth-order valence-corrected chi connectivity index (χ4v) is 4.78. The number of aryl methyl sites for hydroxylation is 1. The summed E-state index contributed by atoms with van der Waals surface area (Å²) in [7, 11) is -3.58. The Morgan fingerprint density at radius 1 is 1.12 bits per heavy atom. The van der Waals surface area contributed by atoms with Crippen LogP contribution in [0.25, 0.3) is 6.08 Å². The largest absolute Gasteiger partial charge is 0.323 e. The van der Waals surface area contributed by atoms with Crippen molar-refractivity contribution >= 4 is 39.3 Å². The first-order chi connectivity index (χ1) is 15.6. The number of hydrogen-bond donors (Lipinski definition) is 2. The lowest BCUT2D eigenvalue weighted by molar-refractivity contribution is -0.111. The summed E-state index contributed by atoms with van der Waals surface area (Å²) in [5, 5.41) is 7.99. The van der Waals surface area contributed by atoms with E-state index in [4.69, 9.17) is 11.6 Å². The monoisotopic (exact) mass is 486 g/mol. The quantitative estimate of drug-likeness (QED) is 0.457. The molecule has 174 valence electrons. The molecule has 7 nitrogen and oxygen atoms in total. The van der Waals surface area contributed by atoms with Gasteiger partial charge >= 0.3 is 0 Å². The highest BCUT2D eigenvalue weighted by molar-refractivity contribution is 7.89. The molecule has 0 saturated carbocycles. The van der Waals surface area contributed by atoms with E-state index in [1.807, 2.05) is 42.8 Å². The fourth-order valence-electron chi connectivity index (χ4n) is 3.33. The van der Waals surface area contributed by atoms with Crippen LogP contribution in [-0.2, 0) is 21.4 Å². The van der Waals surface area contributed by atoms with Gasteiger partial charge in [0.05, 0.1) is 17.1 Å². The Labute approximate surface area is 199 Å². The van der Waals surface area contributed by atoms with Gasteiger partial charge in [-0.15, -0.1) is 0 Å². The summed E-state index contributed by atoms with van der Waals surface area (Å²) in [6.07, 6.45) is 3.16. The van der Waals surface area contributed by atoms with E-state index in [-0.39, 0.29) is 16.8 Å². The van der Waals surface area contributed by atoms with Gasteiger partial charge < -0.3 is 5.32 Å². The lowest BCUT2D eigenvalue weighted by atomic mass is 10.1. The smallest absolute Gasteiger partial charge is 0.248 e. The third-order valence-electron chi connectivity index (χ3n) is 4.94. The first-order valence-electron chi connectivity index (χ1n) is 10.5. The van der Waals surface area contributed by atoms with Crippen LogP contribution in [0.2, 0.25) is 5.02 Å². The summed E-state index contributed by atoms with van der Waals surface area (Å²) in [4.78, 5) is 12.5. The van der Waals surface area contributed by atoms with Gasteiger partial charge in [0, 0.05) is 34.1 Å². The number of aromatic nitrogens is 2. The molecule has 33 heavy (non-hydrogen) atoms. The molecule has 3 rings (SSSR count). The van der Waals surface area contributed by atoms with Crippen molar-refractivity contribution in [1.29, 1.82) is 0 Å². The second-order valence-electron chi connectivity index (χ2n) is 7.96. The molecule has 0 spiro atoms. The molecule has 0 aliphatic carbocycles. The van der Waals surface area contributed by atoms with E-state index in [1.54, 1.807) is 32.1 Å². The van der Waals surface area contributed by atoms with E-state index < -0.39 is 10.0 Å². The Balaban J connectivity index is 1.69. The van der Waals surface area contributed by atoms with Crippen molar-refractivity contribution in [3.05, 3.63) is 82.1 Å². The van der Waals surface area contributed by atoms with E-state index in [1.165, 1.54) is 18.2 Å². The zero-order chi connectivity index (χ0) is 24.2. The molecule has 1 amide bonds. The molecular weight excluding hydrogens is 460 g/mol. The topological polar surface area (TPSA) is 93.1 Å². The molecule has 2 aromatic carbocycles. The van der Waals surface area contributed by atoms with Crippen LogP contribution in [0.15, 0.2) is 59.5 Å². The number of carbonyl (C=O) groups is 1. The average Bonchev–Trinajstić information content (AvgIpc) is 3.00. The highest BCUT2D eigenvalue weighted by Crippen LogP contribution is 2.20. The van der Waals surface area contributed by atoms with Gasteiger partial charge in [0.15, 0.2) is 0 Å². The van der Waals surface area contributed by atoms with Gasteiger partial charge in [0.1, 0.15) is 0 Å². The Morgan fingerprint density at radius 3 is 2.42 bits per heavy atom. The van der Waals surface area contributed by atoms with Crippen LogP contribution in [0.1, 0.15) is 36.4 Å². The third kappa shape index (κ3) is 6.31. The molecule has 0 saturated heterocycles. The summed E-state index contributed by atoms with van der Waals surface area (Å²) in [6.45, 7) is 7.87. The van der Waals surface area contributed by atoms with E-state index in [0.29, 0.717) is 17.3 Å². The lowest BCUT2D eigenvalue weighted by Gasteiger charge is -2.10. The van der Waals surface area contributed by atoms with Crippen molar-refractivity contribution < 1.29 is 13.2 Å². The molecule has 3 aromatic rings. The number of hydrogen-bond acceptors (Lipinski definition) is 4. The minimum absolute atomic E-state index is 0.141. The molecule has 1 heterocycles. The number of anilines is 1. The lowest BCUT2D eigenvalue weighted by Crippen LogP contribution is -2.30. The first-order valence-corrected chi connectivity index (χ1v) is 12.3. The number of carbonyl (C=O) groups excluding carboxylic acids is 1. The Kier molecular flexibility index (Phi) is 7.73. The van der Waals surface area contributed by atoms with Gasteiger partial charge in [0.2, 0.25) is 15.9 Å². The van der Waals surface area contributed by atoms with E-state index in [9.17, 15) is 13.2 Å². The molecular formula is C24H27ClN4O3S. The molecule has 0 aliphatic heterocycles. The second kappa shape index (κ2) is 10.3. The summed E-state index contributed by atoms with van der Waals surface area (Å²) >= 11 is 6.26. The number of nitrogens with one attached hydrogen (secondary N) is 2. The van der Waals surface area contributed by atoms with Gasteiger partial charge in [-0.25, -0.2) is 13.1 Å². The van der Waals surface area contributed by atoms with Gasteiger partial charge in [-0.3, -0.25) is 9.48 Å². The molecule has 0 atom stereocenters. The predicted octanol–water partition coefficient (Wildman–Crippen LogP) is 4.54. The summed E-state index contributed by atoms with van der Waals surface area (Å²) in [5.74, 6) is -0.330. The van der Waals surface area contributed by atoms with Gasteiger partial charge in [-0.05, 0) is 69.7 Å². The van der Waals surface area contributed by atoms with Crippen molar-refractivity contribution in [3.8, 4) is 0 Å². The van der Waals surface area contributed by atoms with Gasteiger partial charge in [-0.1, -0.05) is 29.8 Å². The fraction of sp³-hybridized carbons (Fsp3) is 0.250. The highest BCUT2D eigenvalue weighted by atomic mass is 35.5. The minimum Gasteiger partial charge on any atom is -0.323 e. The maximum absolute atomic E-state index is 12.4. The molecule has 9 heteroatoms. The standard InChI is InChI=1S/C24H27ClN4O3S/c1-16(2)28-33(31,32)21-11-9-20(10-12-21)26-24(30)14-13-22-17(3)27-29(18(22)4)15-19-7-5-6-8-23(19)25/h5-14,16,28H,15H2,1-4H3,(H,26,30)/b14-13+. The van der Waals surface area contributed by atoms with Crippen LogP contribution in [0.5, 0.6) is 0 Å². The van der Waals surface area contributed by atoms with Gasteiger partial charge in [-0.2, -0.15) is 5.10 Å². The molecule has 0 unspecified atom stereocenters. The SMILES string of the molecule is Cc1nn(Cc2ccccc2Cl)c(C)c1/C=C/C(=O)Nc1ccc(S(=O)(=O)NC(C)C)cc1. The predicted molar refractivity (Wildman–Crippen MR) is 132 cm³/mol. The van der Waals surface area contributed by atoms with E-state index in [2.05, 4.69) is 15.1 Å². The maximum Gasteiger partial charge on any atom is 0.248 e. The number of sulfonamides is 1. The van der Waals surface area contributed by atoms with Crippen LogP contribution in [0.4, 0.5) is 5.69 Å². The molecule has 1 aromatic heterocycles. The molecule has 0 fully saturated rings. The van der Waals surface area contributed by atoms with Crippen LogP contribution in [-0.4, -0.2) is 30.1 Å². The second-order valence-corrected chi connectivity index (χ2v) is 10.1. The molecule has 0 aliphatic rings. The Morgan fingerprint density at radius 2 is 1.79 bits per heavy atom. The van der Waals surface area contributed by atoms with Crippen molar-refractivity contribution in [3.63, 3.8) is 0 Å². The normalized spacial score (nSPS) is 11.9. The number of amides is 1. The number of rotatable bonds is 8. The van der Waals surface area contributed by atoms with Crippen LogP contribution >= 0.6 is 11.6 Å². The maximum atomic E-state index is 12.4.